The molecule has 0 atom stereocenters. The molecule has 5 nitrogen and oxygen atoms in total. The third kappa shape index (κ3) is 7.17. The number of hydrogen-bond donors (Lipinski definition) is 2. The largest absolute Gasteiger partial charge is 0.504 e. The van der Waals surface area contributed by atoms with Crippen molar-refractivity contribution in [2.45, 2.75) is 69.6 Å². The number of hydrogen-bond acceptors (Lipinski definition) is 4. The van der Waals surface area contributed by atoms with E-state index in [2.05, 4.69) is 6.92 Å². The lowest BCUT2D eigenvalue weighted by atomic mass is 10.0. The van der Waals surface area contributed by atoms with Crippen LogP contribution in [-0.4, -0.2) is 18.1 Å². The zero-order chi connectivity index (χ0) is 20.4. The Morgan fingerprint density at radius 1 is 0.893 bits per heavy atom. The Morgan fingerprint density at radius 2 is 1.54 bits per heavy atom. The number of para-hydroxylation sites is 1. The van der Waals surface area contributed by atoms with Gasteiger partial charge in [0.15, 0.2) is 11.5 Å². The fraction of sp³-hybridized carbons (Fsp3) is 0.455. The Balaban J connectivity index is 1.97. The molecule has 0 heterocycles. The van der Waals surface area contributed by atoms with Crippen molar-refractivity contribution >= 4 is 10.1 Å². The highest BCUT2D eigenvalue weighted by molar-refractivity contribution is 7.85. The molecule has 2 aromatic carbocycles. The van der Waals surface area contributed by atoms with E-state index in [4.69, 9.17) is 4.74 Å². The molecule has 0 spiro atoms. The van der Waals surface area contributed by atoms with Gasteiger partial charge in [0.05, 0.1) is 4.90 Å². The Morgan fingerprint density at radius 3 is 2.21 bits per heavy atom. The molecule has 2 N–H and O–H groups in total. The lowest BCUT2D eigenvalue weighted by Gasteiger charge is -2.13. The van der Waals surface area contributed by atoms with Gasteiger partial charge in [0.1, 0.15) is 5.75 Å². The molecule has 0 radical (unpaired) electrons. The second kappa shape index (κ2) is 11.1. The highest BCUT2D eigenvalue weighted by atomic mass is 32.2. The molecule has 0 amide bonds. The van der Waals surface area contributed by atoms with Crippen LogP contribution in [0.4, 0.5) is 0 Å². The summed E-state index contributed by atoms with van der Waals surface area (Å²) >= 11 is 0. The molecule has 2 rings (SSSR count). The second-order valence-electron chi connectivity index (χ2n) is 7.04. The van der Waals surface area contributed by atoms with E-state index in [1.807, 2.05) is 6.07 Å². The van der Waals surface area contributed by atoms with Crippen LogP contribution < -0.4 is 4.74 Å². The summed E-state index contributed by atoms with van der Waals surface area (Å²) in [5, 5.41) is 10.2. The standard InChI is InChI=1S/C22H30O5S/c1-2-3-4-5-6-7-8-9-12-18-13-10-16-21(23)22(18)27-19-14-11-15-20(17-19)28(24,25)26/h10-11,13-17,23H,2-9,12H2,1H3,(H,24,25,26). The van der Waals surface area contributed by atoms with Crippen LogP contribution in [0.1, 0.15) is 63.9 Å². The smallest absolute Gasteiger partial charge is 0.294 e. The molecule has 6 heteroatoms. The first-order valence-corrected chi connectivity index (χ1v) is 11.4. The Hall–Kier alpha value is -2.05. The van der Waals surface area contributed by atoms with Crippen LogP contribution in [0.5, 0.6) is 17.2 Å². The molecule has 0 aromatic heterocycles. The van der Waals surface area contributed by atoms with Gasteiger partial charge in [-0.25, -0.2) is 0 Å². The summed E-state index contributed by atoms with van der Waals surface area (Å²) < 4.78 is 37.6. The van der Waals surface area contributed by atoms with E-state index >= 15 is 0 Å². The van der Waals surface area contributed by atoms with Crippen molar-refractivity contribution in [3.05, 3.63) is 48.0 Å². The maximum Gasteiger partial charge on any atom is 0.294 e. The number of aromatic hydroxyl groups is 1. The maximum absolute atomic E-state index is 11.3. The van der Waals surface area contributed by atoms with Crippen molar-refractivity contribution in [1.82, 2.24) is 0 Å². The topological polar surface area (TPSA) is 83.8 Å². The van der Waals surface area contributed by atoms with Crippen molar-refractivity contribution in [2.75, 3.05) is 0 Å². The molecule has 0 aliphatic rings. The van der Waals surface area contributed by atoms with Crippen LogP contribution >= 0.6 is 0 Å². The molecular formula is C22H30O5S. The van der Waals surface area contributed by atoms with Gasteiger partial charge in [0, 0.05) is 6.07 Å². The minimum Gasteiger partial charge on any atom is -0.504 e. The van der Waals surface area contributed by atoms with Gasteiger partial charge in [-0.15, -0.1) is 0 Å². The van der Waals surface area contributed by atoms with Gasteiger partial charge in [-0.1, -0.05) is 70.1 Å². The first kappa shape index (κ1) is 22.2. The summed E-state index contributed by atoms with van der Waals surface area (Å²) in [5.41, 5.74) is 0.878. The molecule has 0 saturated carbocycles. The van der Waals surface area contributed by atoms with Gasteiger partial charge in [-0.3, -0.25) is 4.55 Å². The number of phenolic OH excluding ortho intramolecular Hbond substituents is 1. The Bertz CT molecular complexity index is 846. The summed E-state index contributed by atoms with van der Waals surface area (Å²) in [5.74, 6) is 0.584. The summed E-state index contributed by atoms with van der Waals surface area (Å²) in [6.45, 7) is 2.22. The highest BCUT2D eigenvalue weighted by Gasteiger charge is 2.14. The van der Waals surface area contributed by atoms with Gasteiger partial charge in [-0.2, -0.15) is 8.42 Å². The zero-order valence-electron chi connectivity index (χ0n) is 16.4. The lowest BCUT2D eigenvalue weighted by Crippen LogP contribution is -1.99. The summed E-state index contributed by atoms with van der Waals surface area (Å²) in [6, 6.07) is 10.8. The van der Waals surface area contributed by atoms with Crippen LogP contribution in [0.2, 0.25) is 0 Å². The van der Waals surface area contributed by atoms with Gasteiger partial charge in [0.2, 0.25) is 0 Å². The molecule has 0 unspecified atom stereocenters. The van der Waals surface area contributed by atoms with Crippen LogP contribution in [0, 0.1) is 0 Å². The highest BCUT2D eigenvalue weighted by Crippen LogP contribution is 2.35. The minimum absolute atomic E-state index is 0.00863. The van der Waals surface area contributed by atoms with E-state index in [-0.39, 0.29) is 16.4 Å². The predicted molar refractivity (Wildman–Crippen MR) is 111 cm³/mol. The normalized spacial score (nSPS) is 11.5. The molecule has 2 aromatic rings. The van der Waals surface area contributed by atoms with Crippen molar-refractivity contribution < 1.29 is 22.8 Å². The van der Waals surface area contributed by atoms with Crippen LogP contribution in [-0.2, 0) is 16.5 Å². The van der Waals surface area contributed by atoms with E-state index in [0.717, 1.165) is 24.8 Å². The lowest BCUT2D eigenvalue weighted by molar-refractivity contribution is 0.405. The molecule has 28 heavy (non-hydrogen) atoms. The number of ether oxygens (including phenoxy) is 1. The van der Waals surface area contributed by atoms with E-state index in [1.165, 1.54) is 56.7 Å². The predicted octanol–water partition coefficient (Wildman–Crippen LogP) is 6.11. The monoisotopic (exact) mass is 406 g/mol. The molecule has 0 fully saturated rings. The van der Waals surface area contributed by atoms with Gasteiger partial charge >= 0.3 is 0 Å². The van der Waals surface area contributed by atoms with E-state index < -0.39 is 10.1 Å². The van der Waals surface area contributed by atoms with Gasteiger partial charge in [-0.05, 0) is 36.6 Å². The number of aryl methyl sites for hydroxylation is 1. The van der Waals surface area contributed by atoms with Gasteiger partial charge in [0.25, 0.3) is 10.1 Å². The van der Waals surface area contributed by atoms with E-state index in [0.29, 0.717) is 5.75 Å². The quantitative estimate of drug-likeness (QED) is 0.328. The minimum atomic E-state index is -4.31. The zero-order valence-corrected chi connectivity index (χ0v) is 17.2. The third-order valence-electron chi connectivity index (χ3n) is 4.70. The molecule has 0 saturated heterocycles. The maximum atomic E-state index is 11.3. The summed E-state index contributed by atoms with van der Waals surface area (Å²) in [4.78, 5) is -0.245. The van der Waals surface area contributed by atoms with Crippen molar-refractivity contribution in [1.29, 1.82) is 0 Å². The van der Waals surface area contributed by atoms with Crippen LogP contribution in [0.15, 0.2) is 47.4 Å². The van der Waals surface area contributed by atoms with Crippen molar-refractivity contribution in [3.8, 4) is 17.2 Å². The molecular weight excluding hydrogens is 376 g/mol. The van der Waals surface area contributed by atoms with Gasteiger partial charge < -0.3 is 9.84 Å². The van der Waals surface area contributed by atoms with Crippen LogP contribution in [0.3, 0.4) is 0 Å². The molecule has 0 aliphatic carbocycles. The Labute approximate surface area is 168 Å². The molecule has 154 valence electrons. The van der Waals surface area contributed by atoms with E-state index in [9.17, 15) is 18.1 Å². The average molecular weight is 407 g/mol. The summed E-state index contributed by atoms with van der Waals surface area (Å²) in [6.07, 6.45) is 10.5. The SMILES string of the molecule is CCCCCCCCCCc1cccc(O)c1Oc1cccc(S(=O)(=O)O)c1. The number of unbranched alkanes of at least 4 members (excludes halogenated alkanes) is 7. The fourth-order valence-electron chi connectivity index (χ4n) is 3.15. The Kier molecular flexibility index (Phi) is 8.80. The molecule has 0 bridgehead atoms. The summed E-state index contributed by atoms with van der Waals surface area (Å²) in [7, 11) is -4.31. The number of rotatable bonds is 12. The molecule has 0 aliphatic heterocycles. The van der Waals surface area contributed by atoms with Crippen LogP contribution in [0.25, 0.3) is 0 Å². The van der Waals surface area contributed by atoms with Crippen molar-refractivity contribution in [2.24, 2.45) is 0 Å². The third-order valence-corrected chi connectivity index (χ3v) is 5.55. The average Bonchev–Trinajstić information content (AvgIpc) is 2.66. The first-order valence-electron chi connectivity index (χ1n) is 9.98. The van der Waals surface area contributed by atoms with E-state index in [1.54, 1.807) is 18.2 Å². The van der Waals surface area contributed by atoms with Crippen molar-refractivity contribution in [3.63, 3.8) is 0 Å². The number of phenols is 1. The number of benzene rings is 2. The second-order valence-corrected chi connectivity index (χ2v) is 8.46. The fourth-order valence-corrected chi connectivity index (χ4v) is 3.67. The first-order chi connectivity index (χ1) is 13.4.